The molecule has 1 aliphatic rings. The summed E-state index contributed by atoms with van der Waals surface area (Å²) in [6, 6.07) is 0. The highest BCUT2D eigenvalue weighted by atomic mass is 19.4. The number of hydrogen-bond acceptors (Lipinski definition) is 4. The zero-order chi connectivity index (χ0) is 16.9. The molecule has 0 radical (unpaired) electrons. The quantitative estimate of drug-likeness (QED) is 0.478. The molecule has 122 valence electrons. The van der Waals surface area contributed by atoms with Crippen LogP contribution in [-0.4, -0.2) is 47.8 Å². The van der Waals surface area contributed by atoms with Crippen LogP contribution in [0.2, 0.25) is 0 Å². The van der Waals surface area contributed by atoms with Crippen LogP contribution in [0.4, 0.5) is 35.1 Å². The highest BCUT2D eigenvalue weighted by Gasteiger charge is 2.78. The number of alkyl halides is 8. The summed E-state index contributed by atoms with van der Waals surface area (Å²) in [6.07, 6.45) is -14.3. The standard InChI is InChI=1S/C9H6F8O4/c1-3(7(12,13)14)5(18)21-4-2-20-8(19,6(4,10)11)9(15,16)17/h4,19H,1-2H2. The maximum Gasteiger partial charge on any atom is 0.449 e. The molecule has 1 heterocycles. The number of esters is 1. The average molecular weight is 330 g/mol. The molecule has 1 fully saturated rings. The Morgan fingerprint density at radius 2 is 1.71 bits per heavy atom. The lowest BCUT2D eigenvalue weighted by molar-refractivity contribution is -0.405. The van der Waals surface area contributed by atoms with Gasteiger partial charge in [-0.15, -0.1) is 0 Å². The van der Waals surface area contributed by atoms with E-state index < -0.39 is 48.3 Å². The number of carbonyl (C=O) groups is 1. The lowest BCUT2D eigenvalue weighted by atomic mass is 10.1. The Balaban J connectivity index is 2.94. The lowest BCUT2D eigenvalue weighted by Gasteiger charge is -2.31. The van der Waals surface area contributed by atoms with E-state index in [0.29, 0.717) is 0 Å². The number of rotatable bonds is 2. The summed E-state index contributed by atoms with van der Waals surface area (Å²) < 4.78 is 107. The summed E-state index contributed by atoms with van der Waals surface area (Å²) in [5, 5.41) is 8.80. The van der Waals surface area contributed by atoms with E-state index in [2.05, 4.69) is 16.1 Å². The van der Waals surface area contributed by atoms with Gasteiger partial charge in [-0.2, -0.15) is 35.1 Å². The zero-order valence-electron chi connectivity index (χ0n) is 9.69. The molecule has 0 saturated carbocycles. The van der Waals surface area contributed by atoms with Crippen molar-refractivity contribution >= 4 is 5.97 Å². The number of aliphatic hydroxyl groups is 1. The van der Waals surface area contributed by atoms with Gasteiger partial charge in [0.15, 0.2) is 6.10 Å². The number of ether oxygens (including phenoxy) is 2. The maximum absolute atomic E-state index is 13.4. The second-order valence-corrected chi connectivity index (χ2v) is 3.95. The molecule has 0 bridgehead atoms. The first-order chi connectivity index (χ1) is 9.14. The molecule has 4 nitrogen and oxygen atoms in total. The SMILES string of the molecule is C=C(C(=O)OC1COC(O)(C(F)(F)F)C1(F)F)C(F)(F)F. The molecule has 1 saturated heterocycles. The van der Waals surface area contributed by atoms with Crippen LogP contribution in [0.1, 0.15) is 0 Å². The normalized spacial score (nSPS) is 29.3. The van der Waals surface area contributed by atoms with Crippen molar-refractivity contribution in [2.75, 3.05) is 6.61 Å². The van der Waals surface area contributed by atoms with E-state index in [1.807, 2.05) is 0 Å². The van der Waals surface area contributed by atoms with Crippen LogP contribution in [0.3, 0.4) is 0 Å². The third-order valence-electron chi connectivity index (χ3n) is 2.52. The molecular weight excluding hydrogens is 324 g/mol. The van der Waals surface area contributed by atoms with Crippen molar-refractivity contribution in [1.29, 1.82) is 0 Å². The van der Waals surface area contributed by atoms with Gasteiger partial charge >= 0.3 is 30.0 Å². The molecule has 0 aromatic rings. The fourth-order valence-corrected chi connectivity index (χ4v) is 1.31. The summed E-state index contributed by atoms with van der Waals surface area (Å²) in [7, 11) is 0. The monoisotopic (exact) mass is 330 g/mol. The molecule has 0 aromatic heterocycles. The van der Waals surface area contributed by atoms with Gasteiger partial charge in [0.05, 0.1) is 6.61 Å². The van der Waals surface area contributed by atoms with Crippen molar-refractivity contribution in [3.05, 3.63) is 12.2 Å². The van der Waals surface area contributed by atoms with Crippen molar-refractivity contribution in [2.24, 2.45) is 0 Å². The molecule has 1 rings (SSSR count). The van der Waals surface area contributed by atoms with E-state index in [9.17, 15) is 39.9 Å². The van der Waals surface area contributed by atoms with Gasteiger partial charge in [-0.1, -0.05) is 6.58 Å². The van der Waals surface area contributed by atoms with Crippen molar-refractivity contribution in [2.45, 2.75) is 30.2 Å². The van der Waals surface area contributed by atoms with Crippen LogP contribution >= 0.6 is 0 Å². The number of carbonyl (C=O) groups excluding carboxylic acids is 1. The maximum atomic E-state index is 13.4. The zero-order valence-corrected chi connectivity index (χ0v) is 9.69. The topological polar surface area (TPSA) is 55.8 Å². The first-order valence-corrected chi connectivity index (χ1v) is 4.92. The molecule has 0 spiro atoms. The first-order valence-electron chi connectivity index (χ1n) is 4.92. The minimum absolute atomic E-state index is 1.65. The van der Waals surface area contributed by atoms with E-state index in [1.54, 1.807) is 0 Å². The fourth-order valence-electron chi connectivity index (χ4n) is 1.31. The van der Waals surface area contributed by atoms with Gasteiger partial charge < -0.3 is 14.6 Å². The van der Waals surface area contributed by atoms with Crippen molar-refractivity contribution < 1.29 is 54.5 Å². The summed E-state index contributed by atoms with van der Waals surface area (Å²) >= 11 is 0. The smallest absolute Gasteiger partial charge is 0.449 e. The third kappa shape index (κ3) is 2.81. The third-order valence-corrected chi connectivity index (χ3v) is 2.52. The van der Waals surface area contributed by atoms with E-state index in [4.69, 9.17) is 5.11 Å². The molecule has 2 unspecified atom stereocenters. The highest BCUT2D eigenvalue weighted by Crippen LogP contribution is 2.49. The molecular formula is C9H6F8O4. The van der Waals surface area contributed by atoms with Gasteiger partial charge in [-0.3, -0.25) is 0 Å². The lowest BCUT2D eigenvalue weighted by Crippen LogP contribution is -2.59. The Bertz CT molecular complexity index is 454. The van der Waals surface area contributed by atoms with E-state index in [1.165, 1.54) is 0 Å². The van der Waals surface area contributed by atoms with E-state index >= 15 is 0 Å². The van der Waals surface area contributed by atoms with Crippen molar-refractivity contribution in [1.82, 2.24) is 0 Å². The highest BCUT2D eigenvalue weighted by molar-refractivity contribution is 5.89. The van der Waals surface area contributed by atoms with Crippen molar-refractivity contribution in [3.63, 3.8) is 0 Å². The summed E-state index contributed by atoms with van der Waals surface area (Å²) in [5.74, 6) is -12.6. The summed E-state index contributed by atoms with van der Waals surface area (Å²) in [6.45, 7) is 0.578. The minimum Gasteiger partial charge on any atom is -0.450 e. The largest absolute Gasteiger partial charge is 0.450 e. The van der Waals surface area contributed by atoms with Gasteiger partial charge in [-0.25, -0.2) is 4.79 Å². The number of hydrogen-bond donors (Lipinski definition) is 1. The van der Waals surface area contributed by atoms with Gasteiger partial charge in [-0.05, 0) is 0 Å². The molecule has 0 aliphatic carbocycles. The van der Waals surface area contributed by atoms with Gasteiger partial charge in [0.25, 0.3) is 0 Å². The van der Waals surface area contributed by atoms with Gasteiger partial charge in [0, 0.05) is 0 Å². The Labute approximate surface area is 110 Å². The van der Waals surface area contributed by atoms with E-state index in [-0.39, 0.29) is 0 Å². The number of halogens is 8. The van der Waals surface area contributed by atoms with Crippen LogP contribution in [0.5, 0.6) is 0 Å². The Kier molecular flexibility index (Phi) is 4.03. The molecule has 12 heteroatoms. The van der Waals surface area contributed by atoms with Crippen LogP contribution in [0.15, 0.2) is 12.2 Å². The van der Waals surface area contributed by atoms with Crippen LogP contribution in [-0.2, 0) is 14.3 Å². The predicted octanol–water partition coefficient (Wildman–Crippen LogP) is 1.93. The molecule has 21 heavy (non-hydrogen) atoms. The van der Waals surface area contributed by atoms with Crippen LogP contribution in [0.25, 0.3) is 0 Å². The van der Waals surface area contributed by atoms with Gasteiger partial charge in [0.2, 0.25) is 0 Å². The molecule has 1 N–H and O–H groups in total. The molecule has 1 aliphatic heterocycles. The van der Waals surface area contributed by atoms with Crippen LogP contribution < -0.4 is 0 Å². The average Bonchev–Trinajstić information content (AvgIpc) is 2.50. The first kappa shape index (κ1) is 17.6. The Morgan fingerprint density at radius 1 is 1.24 bits per heavy atom. The molecule has 2 atom stereocenters. The second kappa shape index (κ2) is 4.80. The predicted molar refractivity (Wildman–Crippen MR) is 47.0 cm³/mol. The minimum atomic E-state index is -5.96. The Morgan fingerprint density at radius 3 is 2.05 bits per heavy atom. The Hall–Kier alpha value is -1.43. The van der Waals surface area contributed by atoms with Crippen molar-refractivity contribution in [3.8, 4) is 0 Å². The van der Waals surface area contributed by atoms with Crippen LogP contribution in [0, 0.1) is 0 Å². The van der Waals surface area contributed by atoms with Gasteiger partial charge in [0.1, 0.15) is 5.57 Å². The molecule has 0 amide bonds. The fraction of sp³-hybridized carbons (Fsp3) is 0.667. The second-order valence-electron chi connectivity index (χ2n) is 3.95. The molecule has 0 aromatic carbocycles. The summed E-state index contributed by atoms with van der Waals surface area (Å²) in [4.78, 5) is 10.9. The van der Waals surface area contributed by atoms with E-state index in [0.717, 1.165) is 0 Å². The summed E-state index contributed by atoms with van der Waals surface area (Å²) in [5.41, 5.74) is -2.19.